The van der Waals surface area contributed by atoms with Gasteiger partial charge in [0.15, 0.2) is 0 Å². The van der Waals surface area contributed by atoms with Crippen molar-refractivity contribution in [1.82, 2.24) is 4.72 Å². The van der Waals surface area contributed by atoms with Gasteiger partial charge >= 0.3 is 5.97 Å². The summed E-state index contributed by atoms with van der Waals surface area (Å²) < 4.78 is 25.9. The van der Waals surface area contributed by atoms with E-state index >= 15 is 0 Å². The normalized spacial score (nSPS) is 12.3. The Kier molecular flexibility index (Phi) is 4.79. The number of carbonyl (C=O) groups excluding carboxylic acids is 1. The molecule has 0 radical (unpaired) electrons. The van der Waals surface area contributed by atoms with E-state index in [0.29, 0.717) is 0 Å². The van der Waals surface area contributed by atoms with Gasteiger partial charge in [-0.25, -0.2) is 8.42 Å². The number of rotatable bonds is 6. The van der Waals surface area contributed by atoms with Crippen molar-refractivity contribution in [2.75, 3.05) is 0 Å². The number of carboxylic acids is 1. The number of benzene rings is 1. The standard InChI is InChI=1S/C11H11N3O5S/c12-6-7-3-1-2-4-9(7)20(18,19)14-8(11(16)17)5-10(13)15/h1-4,8,14H,5H2,(H2,13,15)(H,16,17)/t8-/m0/s1. The van der Waals surface area contributed by atoms with Crippen molar-refractivity contribution in [1.29, 1.82) is 5.26 Å². The van der Waals surface area contributed by atoms with Crippen molar-refractivity contribution < 1.29 is 23.1 Å². The highest BCUT2D eigenvalue weighted by Crippen LogP contribution is 2.15. The molecule has 20 heavy (non-hydrogen) atoms. The van der Waals surface area contributed by atoms with E-state index < -0.39 is 34.4 Å². The molecule has 0 aliphatic carbocycles. The predicted molar refractivity (Wildman–Crippen MR) is 66.7 cm³/mol. The molecule has 106 valence electrons. The van der Waals surface area contributed by atoms with Crippen LogP contribution in [0, 0.1) is 11.3 Å². The van der Waals surface area contributed by atoms with Crippen molar-refractivity contribution in [3.63, 3.8) is 0 Å². The van der Waals surface area contributed by atoms with Crippen LogP contribution >= 0.6 is 0 Å². The molecule has 0 unspecified atom stereocenters. The van der Waals surface area contributed by atoms with E-state index in [1.807, 2.05) is 4.72 Å². The van der Waals surface area contributed by atoms with Gasteiger partial charge < -0.3 is 10.8 Å². The Morgan fingerprint density at radius 2 is 2.00 bits per heavy atom. The van der Waals surface area contributed by atoms with Crippen LogP contribution in [0.25, 0.3) is 0 Å². The average Bonchev–Trinajstić information content (AvgIpc) is 2.37. The highest BCUT2D eigenvalue weighted by molar-refractivity contribution is 7.89. The molecule has 0 aliphatic heterocycles. The minimum atomic E-state index is -4.25. The van der Waals surface area contributed by atoms with Crippen molar-refractivity contribution >= 4 is 21.9 Å². The summed E-state index contributed by atoms with van der Waals surface area (Å²) >= 11 is 0. The van der Waals surface area contributed by atoms with Crippen LogP contribution in [0.4, 0.5) is 0 Å². The molecule has 4 N–H and O–H groups in total. The summed E-state index contributed by atoms with van der Waals surface area (Å²) in [5.74, 6) is -2.50. The van der Waals surface area contributed by atoms with Crippen LogP contribution in [-0.4, -0.2) is 31.4 Å². The van der Waals surface area contributed by atoms with Gasteiger partial charge in [0, 0.05) is 0 Å². The smallest absolute Gasteiger partial charge is 0.322 e. The van der Waals surface area contributed by atoms with Gasteiger partial charge in [-0.15, -0.1) is 0 Å². The molecule has 1 aromatic rings. The number of hydrogen-bond acceptors (Lipinski definition) is 5. The Bertz CT molecular complexity index is 678. The zero-order valence-corrected chi connectivity index (χ0v) is 10.9. The molecule has 0 aromatic heterocycles. The summed E-state index contributed by atoms with van der Waals surface area (Å²) in [4.78, 5) is 21.3. The molecule has 1 amide bonds. The summed E-state index contributed by atoms with van der Waals surface area (Å²) in [5, 5.41) is 17.7. The number of nitriles is 1. The largest absolute Gasteiger partial charge is 0.480 e. The lowest BCUT2D eigenvalue weighted by molar-refractivity contribution is -0.140. The molecule has 0 spiro atoms. The van der Waals surface area contributed by atoms with Crippen LogP contribution in [0.5, 0.6) is 0 Å². The van der Waals surface area contributed by atoms with Crippen LogP contribution in [-0.2, 0) is 19.6 Å². The third-order valence-corrected chi connectivity index (χ3v) is 3.83. The Balaban J connectivity index is 3.14. The summed E-state index contributed by atoms with van der Waals surface area (Å²) in [6, 6.07) is 5.29. The predicted octanol–water partition coefficient (Wildman–Crippen LogP) is -0.835. The number of amides is 1. The number of primary amides is 1. The first-order valence-corrected chi connectivity index (χ1v) is 6.79. The fourth-order valence-corrected chi connectivity index (χ4v) is 2.77. The first kappa shape index (κ1) is 15.6. The van der Waals surface area contributed by atoms with E-state index in [1.165, 1.54) is 18.2 Å². The molecular weight excluding hydrogens is 286 g/mol. The summed E-state index contributed by atoms with van der Waals surface area (Å²) in [7, 11) is -4.25. The van der Waals surface area contributed by atoms with E-state index in [1.54, 1.807) is 6.07 Å². The second-order valence-electron chi connectivity index (χ2n) is 3.79. The molecule has 8 nitrogen and oxygen atoms in total. The van der Waals surface area contributed by atoms with E-state index in [-0.39, 0.29) is 10.5 Å². The fourth-order valence-electron chi connectivity index (χ4n) is 1.42. The Hall–Kier alpha value is -2.44. The number of hydrogen-bond donors (Lipinski definition) is 3. The minimum absolute atomic E-state index is 0.136. The zero-order valence-electron chi connectivity index (χ0n) is 10.1. The lowest BCUT2D eigenvalue weighted by Crippen LogP contribution is -2.43. The Morgan fingerprint density at radius 1 is 1.40 bits per heavy atom. The zero-order chi connectivity index (χ0) is 15.3. The van der Waals surface area contributed by atoms with Gasteiger partial charge in [-0.2, -0.15) is 9.98 Å². The van der Waals surface area contributed by atoms with Gasteiger partial charge in [0.1, 0.15) is 12.1 Å². The monoisotopic (exact) mass is 297 g/mol. The average molecular weight is 297 g/mol. The van der Waals surface area contributed by atoms with Crippen LogP contribution in [0.15, 0.2) is 29.2 Å². The topological polar surface area (TPSA) is 150 Å². The third-order valence-electron chi connectivity index (χ3n) is 2.30. The number of sulfonamides is 1. The maximum Gasteiger partial charge on any atom is 0.322 e. The van der Waals surface area contributed by atoms with Crippen LogP contribution < -0.4 is 10.5 Å². The van der Waals surface area contributed by atoms with Gasteiger partial charge in [0.05, 0.1) is 16.9 Å². The number of carboxylic acid groups (broad SMARTS) is 1. The van der Waals surface area contributed by atoms with Gasteiger partial charge in [0.2, 0.25) is 15.9 Å². The highest BCUT2D eigenvalue weighted by Gasteiger charge is 2.28. The van der Waals surface area contributed by atoms with Crippen molar-refractivity contribution in [2.45, 2.75) is 17.4 Å². The minimum Gasteiger partial charge on any atom is -0.480 e. The number of nitrogens with one attached hydrogen (secondary N) is 1. The second-order valence-corrected chi connectivity index (χ2v) is 5.47. The number of nitrogens with two attached hydrogens (primary N) is 1. The Morgan fingerprint density at radius 3 is 2.50 bits per heavy atom. The molecule has 0 saturated carbocycles. The molecule has 0 aliphatic rings. The van der Waals surface area contributed by atoms with Crippen molar-refractivity contribution in [2.24, 2.45) is 5.73 Å². The van der Waals surface area contributed by atoms with Gasteiger partial charge in [-0.05, 0) is 12.1 Å². The third kappa shape index (κ3) is 3.78. The Labute approximate surface area is 114 Å². The summed E-state index contributed by atoms with van der Waals surface area (Å²) in [6.07, 6.45) is -0.691. The molecular formula is C11H11N3O5S. The lowest BCUT2D eigenvalue weighted by Gasteiger charge is -2.13. The summed E-state index contributed by atoms with van der Waals surface area (Å²) in [5.41, 5.74) is 4.72. The first-order chi connectivity index (χ1) is 9.27. The fraction of sp³-hybridized carbons (Fsp3) is 0.182. The van der Waals surface area contributed by atoms with E-state index in [2.05, 4.69) is 0 Å². The molecule has 1 aromatic carbocycles. The van der Waals surface area contributed by atoms with E-state index in [9.17, 15) is 18.0 Å². The maximum atomic E-state index is 12.0. The van der Waals surface area contributed by atoms with Gasteiger partial charge in [0.25, 0.3) is 0 Å². The molecule has 0 saturated heterocycles. The van der Waals surface area contributed by atoms with E-state index in [4.69, 9.17) is 16.1 Å². The molecule has 0 fully saturated rings. The van der Waals surface area contributed by atoms with Crippen LogP contribution in [0.1, 0.15) is 12.0 Å². The first-order valence-electron chi connectivity index (χ1n) is 5.30. The van der Waals surface area contributed by atoms with Gasteiger partial charge in [-0.1, -0.05) is 12.1 Å². The highest BCUT2D eigenvalue weighted by atomic mass is 32.2. The second kappa shape index (κ2) is 6.14. The quantitative estimate of drug-likeness (QED) is 0.623. The molecule has 0 heterocycles. The van der Waals surface area contributed by atoms with Crippen molar-refractivity contribution in [3.05, 3.63) is 29.8 Å². The van der Waals surface area contributed by atoms with E-state index in [0.717, 1.165) is 6.07 Å². The van der Waals surface area contributed by atoms with Crippen LogP contribution in [0.2, 0.25) is 0 Å². The maximum absolute atomic E-state index is 12.0. The lowest BCUT2D eigenvalue weighted by atomic mass is 10.2. The van der Waals surface area contributed by atoms with Gasteiger partial charge in [-0.3, -0.25) is 9.59 Å². The molecule has 1 atom stereocenters. The van der Waals surface area contributed by atoms with Crippen LogP contribution in [0.3, 0.4) is 0 Å². The van der Waals surface area contributed by atoms with Crippen molar-refractivity contribution in [3.8, 4) is 6.07 Å². The molecule has 9 heteroatoms. The number of aliphatic carboxylic acids is 1. The molecule has 0 bridgehead atoms. The number of carbonyl (C=O) groups is 2. The number of nitrogens with zero attached hydrogens (tertiary/aromatic N) is 1. The summed E-state index contributed by atoms with van der Waals surface area (Å²) in [6.45, 7) is 0. The SMILES string of the molecule is N#Cc1ccccc1S(=O)(=O)N[C@@H](CC(N)=O)C(=O)O. The molecule has 1 rings (SSSR count).